The second kappa shape index (κ2) is 6.91. The van der Waals surface area contributed by atoms with Crippen LogP contribution in [0.15, 0.2) is 42.6 Å². The van der Waals surface area contributed by atoms with E-state index in [1.165, 1.54) is 5.56 Å². The van der Waals surface area contributed by atoms with Crippen molar-refractivity contribution in [1.29, 1.82) is 0 Å². The van der Waals surface area contributed by atoms with E-state index >= 15 is 0 Å². The summed E-state index contributed by atoms with van der Waals surface area (Å²) in [6.45, 7) is 0.895. The molecule has 1 unspecified atom stereocenters. The number of carbonyl (C=O) groups excluding carboxylic acids is 1. The maximum absolute atomic E-state index is 12.5. The zero-order chi connectivity index (χ0) is 17.1. The molecule has 0 saturated carbocycles. The van der Waals surface area contributed by atoms with E-state index in [2.05, 4.69) is 22.0 Å². The molecule has 1 aliphatic heterocycles. The fraction of sp³-hybridized carbons (Fsp3) is 0.368. The number of ether oxygens (including phenoxy) is 1. The topological polar surface area (TPSA) is 45.7 Å². The van der Waals surface area contributed by atoms with Crippen LogP contribution in [0.2, 0.25) is 0 Å². The fourth-order valence-electron chi connectivity index (χ4n) is 3.25. The highest BCUT2D eigenvalue weighted by atomic mass is 16.5. The van der Waals surface area contributed by atoms with E-state index in [9.17, 15) is 4.79 Å². The third-order valence-corrected chi connectivity index (χ3v) is 4.43. The van der Waals surface area contributed by atoms with Gasteiger partial charge in [-0.15, -0.1) is 0 Å². The molecule has 0 spiro atoms. The van der Waals surface area contributed by atoms with Crippen molar-refractivity contribution in [3.63, 3.8) is 0 Å². The molecule has 0 bridgehead atoms. The van der Waals surface area contributed by atoms with Crippen LogP contribution in [0.5, 0.6) is 5.75 Å². The third kappa shape index (κ3) is 3.07. The minimum Gasteiger partial charge on any atom is -0.497 e. The van der Waals surface area contributed by atoms with Crippen LogP contribution in [0.3, 0.4) is 0 Å². The van der Waals surface area contributed by atoms with Gasteiger partial charge in [0.1, 0.15) is 11.6 Å². The van der Waals surface area contributed by atoms with E-state index in [0.717, 1.165) is 31.0 Å². The van der Waals surface area contributed by atoms with Gasteiger partial charge in [-0.2, -0.15) is 0 Å². The number of benzene rings is 1. The summed E-state index contributed by atoms with van der Waals surface area (Å²) in [7, 11) is 5.21. The van der Waals surface area contributed by atoms with Crippen LogP contribution in [0.4, 0.5) is 5.82 Å². The molecule has 126 valence electrons. The number of hydrogen-bond acceptors (Lipinski definition) is 4. The van der Waals surface area contributed by atoms with Gasteiger partial charge < -0.3 is 14.5 Å². The molecule has 2 aromatic rings. The number of anilines is 1. The van der Waals surface area contributed by atoms with Gasteiger partial charge >= 0.3 is 0 Å². The Morgan fingerprint density at radius 3 is 2.88 bits per heavy atom. The lowest BCUT2D eigenvalue weighted by atomic mass is 10.0. The molecule has 1 aromatic carbocycles. The van der Waals surface area contributed by atoms with Crippen LogP contribution in [0.1, 0.15) is 34.8 Å². The van der Waals surface area contributed by atoms with Gasteiger partial charge in [0, 0.05) is 26.8 Å². The molecular formula is C19H23N3O2. The first-order chi connectivity index (χ1) is 11.6. The molecule has 3 rings (SSSR count). The Balaban J connectivity index is 1.98. The first-order valence-electron chi connectivity index (χ1n) is 8.19. The van der Waals surface area contributed by atoms with Gasteiger partial charge in [0.25, 0.3) is 5.91 Å². The minimum atomic E-state index is -0.0191. The van der Waals surface area contributed by atoms with Crippen LogP contribution in [0.25, 0.3) is 0 Å². The third-order valence-electron chi connectivity index (χ3n) is 4.43. The maximum Gasteiger partial charge on any atom is 0.257 e. The molecule has 0 radical (unpaired) electrons. The van der Waals surface area contributed by atoms with Crippen LogP contribution in [0, 0.1) is 0 Å². The molecule has 1 saturated heterocycles. The highest BCUT2D eigenvalue weighted by molar-refractivity contribution is 5.98. The van der Waals surface area contributed by atoms with Crippen LogP contribution < -0.4 is 9.64 Å². The van der Waals surface area contributed by atoms with E-state index in [0.29, 0.717) is 5.56 Å². The van der Waals surface area contributed by atoms with Gasteiger partial charge in [0.2, 0.25) is 0 Å². The molecular weight excluding hydrogens is 302 g/mol. The van der Waals surface area contributed by atoms with Crippen molar-refractivity contribution >= 4 is 11.7 Å². The van der Waals surface area contributed by atoms with E-state index in [1.807, 2.05) is 24.3 Å². The van der Waals surface area contributed by atoms with Crippen molar-refractivity contribution in [2.45, 2.75) is 18.9 Å². The number of methoxy groups -OCH3 is 1. The second-order valence-electron chi connectivity index (χ2n) is 6.20. The summed E-state index contributed by atoms with van der Waals surface area (Å²) < 4.78 is 5.35. The zero-order valence-electron chi connectivity index (χ0n) is 14.4. The van der Waals surface area contributed by atoms with Crippen LogP contribution >= 0.6 is 0 Å². The number of carbonyl (C=O) groups is 1. The first-order valence-corrected chi connectivity index (χ1v) is 8.19. The van der Waals surface area contributed by atoms with Crippen molar-refractivity contribution in [3.8, 4) is 5.75 Å². The summed E-state index contributed by atoms with van der Waals surface area (Å²) in [4.78, 5) is 20.9. The van der Waals surface area contributed by atoms with Gasteiger partial charge in [-0.05, 0) is 42.7 Å². The average molecular weight is 325 g/mol. The Hall–Kier alpha value is -2.56. The molecule has 5 nitrogen and oxygen atoms in total. The lowest BCUT2D eigenvalue weighted by Crippen LogP contribution is -2.29. The van der Waals surface area contributed by atoms with Crippen LogP contribution in [-0.4, -0.2) is 43.5 Å². The predicted molar refractivity (Wildman–Crippen MR) is 94.6 cm³/mol. The standard InChI is InChI=1S/C19H23N3O2/c1-21(2)19(23)16-9-5-11-20-18(16)22-12-6-10-17(22)14-7-4-8-15(13-14)24-3/h4-5,7-9,11,13,17H,6,10,12H2,1-3H3. The van der Waals surface area contributed by atoms with E-state index in [1.54, 1.807) is 32.3 Å². The van der Waals surface area contributed by atoms with Gasteiger partial charge in [-0.1, -0.05) is 12.1 Å². The molecule has 0 aliphatic carbocycles. The molecule has 0 N–H and O–H groups in total. The van der Waals surface area contributed by atoms with Gasteiger partial charge in [-0.3, -0.25) is 4.79 Å². The number of nitrogens with zero attached hydrogens (tertiary/aromatic N) is 3. The first kappa shape index (κ1) is 16.3. The number of pyridine rings is 1. The molecule has 1 atom stereocenters. The largest absolute Gasteiger partial charge is 0.497 e. The Kier molecular flexibility index (Phi) is 4.69. The van der Waals surface area contributed by atoms with Gasteiger partial charge in [0.15, 0.2) is 0 Å². The highest BCUT2D eigenvalue weighted by Crippen LogP contribution is 2.37. The monoisotopic (exact) mass is 325 g/mol. The second-order valence-corrected chi connectivity index (χ2v) is 6.20. The van der Waals surface area contributed by atoms with E-state index < -0.39 is 0 Å². The summed E-state index contributed by atoms with van der Waals surface area (Å²) in [5.41, 5.74) is 1.85. The average Bonchev–Trinajstić information content (AvgIpc) is 3.10. The number of aromatic nitrogens is 1. The lowest BCUT2D eigenvalue weighted by molar-refractivity contribution is 0.0827. The Bertz CT molecular complexity index is 730. The molecule has 1 fully saturated rings. The predicted octanol–water partition coefficient (Wildman–Crippen LogP) is 3.13. The van der Waals surface area contributed by atoms with Gasteiger partial charge in [0.05, 0.1) is 18.7 Å². The normalized spacial score (nSPS) is 17.0. The SMILES string of the molecule is COc1cccc(C2CCCN2c2ncccc2C(=O)N(C)C)c1. The molecule has 5 heteroatoms. The van der Waals surface area contributed by atoms with E-state index in [-0.39, 0.29) is 11.9 Å². The zero-order valence-corrected chi connectivity index (χ0v) is 14.4. The summed E-state index contributed by atoms with van der Waals surface area (Å²) in [6, 6.07) is 12.0. The molecule has 1 amide bonds. The Labute approximate surface area is 142 Å². The number of rotatable bonds is 4. The Morgan fingerprint density at radius 2 is 2.12 bits per heavy atom. The minimum absolute atomic E-state index is 0.0191. The summed E-state index contributed by atoms with van der Waals surface area (Å²) in [6.07, 6.45) is 3.87. The summed E-state index contributed by atoms with van der Waals surface area (Å²) in [5.74, 6) is 1.60. The molecule has 2 heterocycles. The van der Waals surface area contributed by atoms with Crippen LogP contribution in [-0.2, 0) is 0 Å². The molecule has 24 heavy (non-hydrogen) atoms. The quantitative estimate of drug-likeness (QED) is 0.866. The lowest BCUT2D eigenvalue weighted by Gasteiger charge is -2.28. The van der Waals surface area contributed by atoms with Gasteiger partial charge in [-0.25, -0.2) is 4.98 Å². The summed E-state index contributed by atoms with van der Waals surface area (Å²) in [5, 5.41) is 0. The summed E-state index contributed by atoms with van der Waals surface area (Å²) >= 11 is 0. The Morgan fingerprint density at radius 1 is 1.29 bits per heavy atom. The van der Waals surface area contributed by atoms with Crippen molar-refractivity contribution in [1.82, 2.24) is 9.88 Å². The fourth-order valence-corrected chi connectivity index (χ4v) is 3.25. The van der Waals surface area contributed by atoms with Crippen molar-refractivity contribution in [2.75, 3.05) is 32.6 Å². The van der Waals surface area contributed by atoms with E-state index in [4.69, 9.17) is 4.74 Å². The van der Waals surface area contributed by atoms with Crippen molar-refractivity contribution in [3.05, 3.63) is 53.7 Å². The molecule has 1 aliphatic rings. The smallest absolute Gasteiger partial charge is 0.257 e. The maximum atomic E-state index is 12.5. The van der Waals surface area contributed by atoms with Crippen molar-refractivity contribution < 1.29 is 9.53 Å². The molecule has 1 aromatic heterocycles. The number of hydrogen-bond donors (Lipinski definition) is 0. The van der Waals surface area contributed by atoms with Crippen molar-refractivity contribution in [2.24, 2.45) is 0 Å². The highest BCUT2D eigenvalue weighted by Gasteiger charge is 2.30. The number of amides is 1.